The highest BCUT2D eigenvalue weighted by Gasteiger charge is 2.62. The zero-order valence-electron chi connectivity index (χ0n) is 20.4. The number of ether oxygens (including phenoxy) is 5. The lowest BCUT2D eigenvalue weighted by Crippen LogP contribution is -2.59. The van der Waals surface area contributed by atoms with Crippen molar-refractivity contribution in [3.8, 4) is 0 Å². The third-order valence-corrected chi connectivity index (χ3v) is 6.81. The summed E-state index contributed by atoms with van der Waals surface area (Å²) in [6.45, 7) is 3.13. The third-order valence-electron chi connectivity index (χ3n) is 6.81. The fourth-order valence-corrected chi connectivity index (χ4v) is 4.97. The second-order valence-electron chi connectivity index (χ2n) is 9.91. The molecule has 2 aliphatic heterocycles. The summed E-state index contributed by atoms with van der Waals surface area (Å²) in [5, 5.41) is 61.0. The van der Waals surface area contributed by atoms with Gasteiger partial charge in [0.15, 0.2) is 6.29 Å². The van der Waals surface area contributed by atoms with Gasteiger partial charge in [0.2, 0.25) is 6.29 Å². The maximum absolute atomic E-state index is 12.3. The van der Waals surface area contributed by atoms with Crippen LogP contribution in [0.25, 0.3) is 0 Å². The van der Waals surface area contributed by atoms with Gasteiger partial charge in [-0.25, -0.2) is 0 Å². The number of hydrogen-bond acceptors (Lipinski definition) is 13. The molecule has 0 amide bonds. The van der Waals surface area contributed by atoms with Gasteiger partial charge < -0.3 is 54.3 Å². The number of aliphatic hydroxyl groups is 6. The molecule has 1 aliphatic carbocycles. The van der Waals surface area contributed by atoms with Crippen molar-refractivity contribution >= 4 is 11.9 Å². The van der Waals surface area contributed by atoms with Crippen molar-refractivity contribution in [1.29, 1.82) is 0 Å². The first-order valence-corrected chi connectivity index (χ1v) is 11.9. The molecule has 36 heavy (non-hydrogen) atoms. The summed E-state index contributed by atoms with van der Waals surface area (Å²) in [5.41, 5.74) is -1.59. The van der Waals surface area contributed by atoms with Crippen LogP contribution in [0.4, 0.5) is 0 Å². The van der Waals surface area contributed by atoms with E-state index >= 15 is 0 Å². The van der Waals surface area contributed by atoms with Crippen LogP contribution < -0.4 is 0 Å². The molecule has 10 atom stereocenters. The smallest absolute Gasteiger partial charge is 0.309 e. The molecular formula is C23H36O13. The largest absolute Gasteiger partial charge is 0.462 e. The van der Waals surface area contributed by atoms with Crippen LogP contribution in [0.15, 0.2) is 11.8 Å². The summed E-state index contributed by atoms with van der Waals surface area (Å²) in [5.74, 6) is -2.91. The monoisotopic (exact) mass is 520 g/mol. The molecule has 10 unspecified atom stereocenters. The number of rotatable bonds is 9. The van der Waals surface area contributed by atoms with Crippen LogP contribution in [0.2, 0.25) is 0 Å². The van der Waals surface area contributed by atoms with E-state index < -0.39 is 85.7 Å². The minimum atomic E-state index is -2.00. The maximum Gasteiger partial charge on any atom is 0.309 e. The number of esters is 2. The quantitative estimate of drug-likeness (QED) is 0.181. The summed E-state index contributed by atoms with van der Waals surface area (Å²) in [6, 6.07) is 0. The molecule has 0 radical (unpaired) electrons. The molecule has 0 spiro atoms. The van der Waals surface area contributed by atoms with E-state index in [1.54, 1.807) is 0 Å². The lowest BCUT2D eigenvalue weighted by atomic mass is 9.80. The number of carbonyl (C=O) groups is 2. The molecule has 2 heterocycles. The Bertz CT molecular complexity index is 814. The zero-order chi connectivity index (χ0) is 26.8. The van der Waals surface area contributed by atoms with Crippen molar-refractivity contribution in [3.63, 3.8) is 0 Å². The van der Waals surface area contributed by atoms with Crippen LogP contribution in [0.5, 0.6) is 0 Å². The van der Waals surface area contributed by atoms with Crippen molar-refractivity contribution in [2.24, 2.45) is 17.8 Å². The lowest BCUT2D eigenvalue weighted by Gasteiger charge is -2.41. The van der Waals surface area contributed by atoms with E-state index in [0.717, 1.165) is 6.92 Å². The fourth-order valence-electron chi connectivity index (χ4n) is 4.97. The van der Waals surface area contributed by atoms with Crippen LogP contribution in [0.3, 0.4) is 0 Å². The first kappa shape index (κ1) is 28.7. The Balaban J connectivity index is 1.82. The molecular weight excluding hydrogens is 484 g/mol. The SMILES string of the molecule is CC(=O)OC1CC2C(COC3OC(CO)C(O)C(O)C3O)=COC(OC(=O)CC(C)C)C2C1(O)CO. The van der Waals surface area contributed by atoms with Crippen molar-refractivity contribution in [2.45, 2.75) is 82.3 Å². The Labute approximate surface area is 208 Å². The first-order valence-electron chi connectivity index (χ1n) is 11.9. The van der Waals surface area contributed by atoms with E-state index in [1.807, 2.05) is 13.8 Å². The number of hydrogen-bond donors (Lipinski definition) is 6. The normalized spacial score (nSPS) is 40.3. The third kappa shape index (κ3) is 5.83. The van der Waals surface area contributed by atoms with E-state index in [2.05, 4.69) is 0 Å². The average Bonchev–Trinajstić information content (AvgIpc) is 3.10. The minimum Gasteiger partial charge on any atom is -0.462 e. The molecule has 6 N–H and O–H groups in total. The zero-order valence-corrected chi connectivity index (χ0v) is 20.4. The molecule has 1 saturated heterocycles. The standard InChI is InChI=1S/C23H36O13/c1-10(2)4-16(27)36-21-17-13(5-15(34-11(3)26)23(17,31)9-25)12(7-32-21)8-33-22-20(30)19(29)18(28)14(6-24)35-22/h7,10,13-15,17-22,24-25,28-31H,4-6,8-9H2,1-3H3. The molecule has 2 fully saturated rings. The van der Waals surface area contributed by atoms with E-state index in [1.165, 1.54) is 6.26 Å². The van der Waals surface area contributed by atoms with E-state index in [9.17, 15) is 40.2 Å². The minimum absolute atomic E-state index is 0.00373. The Hall–Kier alpha value is -1.84. The summed E-state index contributed by atoms with van der Waals surface area (Å²) in [6.07, 6.45) is -8.39. The van der Waals surface area contributed by atoms with E-state index in [4.69, 9.17) is 23.7 Å². The van der Waals surface area contributed by atoms with Gasteiger partial charge >= 0.3 is 11.9 Å². The first-order chi connectivity index (χ1) is 16.9. The average molecular weight is 521 g/mol. The molecule has 206 valence electrons. The van der Waals surface area contributed by atoms with Gasteiger partial charge in [-0.1, -0.05) is 13.8 Å². The molecule has 1 saturated carbocycles. The topological polar surface area (TPSA) is 202 Å². The van der Waals surface area contributed by atoms with Crippen molar-refractivity contribution in [2.75, 3.05) is 19.8 Å². The summed E-state index contributed by atoms with van der Waals surface area (Å²) >= 11 is 0. The second kappa shape index (κ2) is 11.7. The van der Waals surface area contributed by atoms with E-state index in [-0.39, 0.29) is 25.4 Å². The summed E-state index contributed by atoms with van der Waals surface area (Å²) in [4.78, 5) is 24.0. The highest BCUT2D eigenvalue weighted by atomic mass is 16.7. The second-order valence-corrected chi connectivity index (χ2v) is 9.91. The van der Waals surface area contributed by atoms with Crippen LogP contribution in [-0.4, -0.2) is 111 Å². The molecule has 0 aromatic carbocycles. The van der Waals surface area contributed by atoms with Gasteiger partial charge in [0.05, 0.1) is 32.0 Å². The molecule has 0 bridgehead atoms. The highest BCUT2D eigenvalue weighted by molar-refractivity contribution is 5.69. The Morgan fingerprint density at radius 3 is 2.39 bits per heavy atom. The molecule has 3 rings (SSSR count). The number of aliphatic hydroxyl groups excluding tert-OH is 5. The predicted molar refractivity (Wildman–Crippen MR) is 117 cm³/mol. The Kier molecular flexibility index (Phi) is 9.33. The van der Waals surface area contributed by atoms with Gasteiger partial charge in [0, 0.05) is 19.3 Å². The Morgan fingerprint density at radius 2 is 1.81 bits per heavy atom. The maximum atomic E-state index is 12.3. The molecule has 13 heteroatoms. The van der Waals surface area contributed by atoms with Crippen LogP contribution in [0, 0.1) is 17.8 Å². The van der Waals surface area contributed by atoms with Gasteiger partial charge in [0.1, 0.15) is 36.1 Å². The van der Waals surface area contributed by atoms with Gasteiger partial charge in [-0.05, 0) is 17.9 Å². The van der Waals surface area contributed by atoms with Crippen molar-refractivity contribution in [1.82, 2.24) is 0 Å². The molecule has 0 aromatic heterocycles. The van der Waals surface area contributed by atoms with Gasteiger partial charge in [-0.15, -0.1) is 0 Å². The highest BCUT2D eigenvalue weighted by Crippen LogP contribution is 2.50. The van der Waals surface area contributed by atoms with Crippen LogP contribution >= 0.6 is 0 Å². The van der Waals surface area contributed by atoms with Crippen LogP contribution in [0.1, 0.15) is 33.6 Å². The van der Waals surface area contributed by atoms with Crippen molar-refractivity contribution in [3.05, 3.63) is 11.8 Å². The predicted octanol–water partition coefficient (Wildman–Crippen LogP) is -2.08. The van der Waals surface area contributed by atoms with Gasteiger partial charge in [0.25, 0.3) is 0 Å². The van der Waals surface area contributed by atoms with Crippen molar-refractivity contribution < 1.29 is 63.9 Å². The summed E-state index contributed by atoms with van der Waals surface area (Å²) in [7, 11) is 0. The lowest BCUT2D eigenvalue weighted by molar-refractivity contribution is -0.299. The van der Waals surface area contributed by atoms with Gasteiger partial charge in [-0.3, -0.25) is 9.59 Å². The van der Waals surface area contributed by atoms with E-state index in [0.29, 0.717) is 5.57 Å². The molecule has 13 nitrogen and oxygen atoms in total. The van der Waals surface area contributed by atoms with Gasteiger partial charge in [-0.2, -0.15) is 0 Å². The number of fused-ring (bicyclic) bond motifs is 1. The molecule has 3 aliphatic rings. The van der Waals surface area contributed by atoms with Crippen LogP contribution in [-0.2, 0) is 33.3 Å². The summed E-state index contributed by atoms with van der Waals surface area (Å²) < 4.78 is 27.3. The molecule has 0 aromatic rings. The number of carbonyl (C=O) groups excluding carboxylic acids is 2. The fraction of sp³-hybridized carbons (Fsp3) is 0.826. The Morgan fingerprint density at radius 1 is 1.11 bits per heavy atom.